The number of aliphatic imine (C=N–C) groups is 1. The van der Waals surface area contributed by atoms with E-state index in [-0.39, 0.29) is 5.54 Å². The van der Waals surface area contributed by atoms with Gasteiger partial charge in [0.05, 0.1) is 5.54 Å². The Morgan fingerprint density at radius 2 is 1.94 bits per heavy atom. The fourth-order valence-electron chi connectivity index (χ4n) is 2.52. The Morgan fingerprint density at radius 3 is 2.67 bits per heavy atom. The van der Waals surface area contributed by atoms with Gasteiger partial charge in [-0.05, 0) is 42.2 Å². The third kappa shape index (κ3) is 1.86. The highest BCUT2D eigenvalue weighted by atomic mass is 14.9. The molecule has 18 heavy (non-hydrogen) atoms. The van der Waals surface area contributed by atoms with E-state index in [4.69, 9.17) is 4.99 Å². The summed E-state index contributed by atoms with van der Waals surface area (Å²) in [5.41, 5.74) is 2.39. The molecule has 90 valence electrons. The van der Waals surface area contributed by atoms with E-state index in [0.717, 1.165) is 12.8 Å². The van der Waals surface area contributed by atoms with Crippen molar-refractivity contribution in [3.63, 3.8) is 0 Å². The highest BCUT2D eigenvalue weighted by Crippen LogP contribution is 2.29. The van der Waals surface area contributed by atoms with Gasteiger partial charge in [0, 0.05) is 5.71 Å². The summed E-state index contributed by atoms with van der Waals surface area (Å²) in [5.74, 6) is 0. The summed E-state index contributed by atoms with van der Waals surface area (Å²) in [4.78, 5) is 4.81. The monoisotopic (exact) mass is 235 g/mol. The molecule has 0 saturated heterocycles. The number of nitrogens with zero attached hydrogens (tertiary/aromatic N) is 1. The molecule has 1 aliphatic rings. The van der Waals surface area contributed by atoms with E-state index >= 15 is 0 Å². The molecule has 1 heteroatoms. The minimum atomic E-state index is -0.0685. The quantitative estimate of drug-likeness (QED) is 0.685. The minimum Gasteiger partial charge on any atom is -0.279 e. The van der Waals surface area contributed by atoms with E-state index in [0.29, 0.717) is 0 Å². The lowest BCUT2D eigenvalue weighted by Gasteiger charge is -2.12. The average Bonchev–Trinajstić information content (AvgIpc) is 2.82. The van der Waals surface area contributed by atoms with E-state index in [9.17, 15) is 0 Å². The molecule has 0 aromatic heterocycles. The normalized spacial score (nSPS) is 23.1. The molecule has 0 amide bonds. The molecule has 3 rings (SSSR count). The standard InChI is InChI=1S/C17H17N/c1-3-17(2)11-10-16(18-17)15-9-8-13-6-4-5-7-14(13)12-15/h3-9,12H,1,10-11H2,2H3/t17-/m0/s1. The van der Waals surface area contributed by atoms with Crippen LogP contribution in [0.3, 0.4) is 0 Å². The number of hydrogen-bond acceptors (Lipinski definition) is 1. The van der Waals surface area contributed by atoms with Crippen molar-refractivity contribution in [2.75, 3.05) is 0 Å². The fraction of sp³-hybridized carbons (Fsp3) is 0.235. The van der Waals surface area contributed by atoms with Gasteiger partial charge in [-0.3, -0.25) is 4.99 Å². The maximum absolute atomic E-state index is 4.81. The van der Waals surface area contributed by atoms with Crippen LogP contribution in [0.5, 0.6) is 0 Å². The first-order valence-corrected chi connectivity index (χ1v) is 6.42. The Hall–Kier alpha value is -1.89. The van der Waals surface area contributed by atoms with Crippen LogP contribution in [0.15, 0.2) is 60.1 Å². The first-order chi connectivity index (χ1) is 8.70. The average molecular weight is 235 g/mol. The molecule has 1 atom stereocenters. The second-order valence-corrected chi connectivity index (χ2v) is 5.18. The largest absolute Gasteiger partial charge is 0.279 e. The van der Waals surface area contributed by atoms with Crippen molar-refractivity contribution in [2.24, 2.45) is 4.99 Å². The number of benzene rings is 2. The van der Waals surface area contributed by atoms with Crippen LogP contribution in [0, 0.1) is 0 Å². The second-order valence-electron chi connectivity index (χ2n) is 5.18. The molecule has 0 aliphatic carbocycles. The van der Waals surface area contributed by atoms with E-state index in [1.165, 1.54) is 22.0 Å². The van der Waals surface area contributed by atoms with Crippen molar-refractivity contribution < 1.29 is 0 Å². The number of hydrogen-bond donors (Lipinski definition) is 0. The summed E-state index contributed by atoms with van der Waals surface area (Å²) < 4.78 is 0. The van der Waals surface area contributed by atoms with Crippen molar-refractivity contribution in [1.82, 2.24) is 0 Å². The molecule has 0 saturated carbocycles. The molecule has 1 nitrogen and oxygen atoms in total. The molecule has 0 N–H and O–H groups in total. The van der Waals surface area contributed by atoms with Crippen molar-refractivity contribution in [2.45, 2.75) is 25.3 Å². The third-order valence-electron chi connectivity index (χ3n) is 3.78. The number of fused-ring (bicyclic) bond motifs is 1. The van der Waals surface area contributed by atoms with Gasteiger partial charge in [0.25, 0.3) is 0 Å². The van der Waals surface area contributed by atoms with E-state index in [1.54, 1.807) is 0 Å². The van der Waals surface area contributed by atoms with Crippen molar-refractivity contribution in [1.29, 1.82) is 0 Å². The molecule has 0 fully saturated rings. The molecule has 0 spiro atoms. The summed E-state index contributed by atoms with van der Waals surface area (Å²) in [5, 5.41) is 2.57. The SMILES string of the molecule is C=C[C@@]1(C)CCC(c2ccc3ccccc3c2)=N1. The first kappa shape index (κ1) is 11.2. The smallest absolute Gasteiger partial charge is 0.0764 e. The van der Waals surface area contributed by atoms with E-state index in [2.05, 4.69) is 56.0 Å². The van der Waals surface area contributed by atoms with Crippen molar-refractivity contribution in [3.8, 4) is 0 Å². The van der Waals surface area contributed by atoms with Gasteiger partial charge in [-0.15, -0.1) is 6.58 Å². The van der Waals surface area contributed by atoms with Gasteiger partial charge in [0.15, 0.2) is 0 Å². The van der Waals surface area contributed by atoms with Crippen LogP contribution in [0.4, 0.5) is 0 Å². The topological polar surface area (TPSA) is 12.4 Å². The van der Waals surface area contributed by atoms with Gasteiger partial charge in [0.1, 0.15) is 0 Å². The summed E-state index contributed by atoms with van der Waals surface area (Å²) in [6.45, 7) is 6.03. The molecule has 1 heterocycles. The van der Waals surface area contributed by atoms with Crippen molar-refractivity contribution >= 4 is 16.5 Å². The predicted octanol–water partition coefficient (Wildman–Crippen LogP) is 4.37. The summed E-state index contributed by atoms with van der Waals surface area (Å²) >= 11 is 0. The Morgan fingerprint density at radius 1 is 1.17 bits per heavy atom. The third-order valence-corrected chi connectivity index (χ3v) is 3.78. The van der Waals surface area contributed by atoms with Gasteiger partial charge in [0.2, 0.25) is 0 Å². The maximum atomic E-state index is 4.81. The zero-order chi connectivity index (χ0) is 12.6. The lowest BCUT2D eigenvalue weighted by atomic mass is 9.98. The van der Waals surface area contributed by atoms with Gasteiger partial charge < -0.3 is 0 Å². The van der Waals surface area contributed by atoms with Crippen LogP contribution in [-0.4, -0.2) is 11.3 Å². The van der Waals surface area contributed by atoms with Gasteiger partial charge in [-0.25, -0.2) is 0 Å². The van der Waals surface area contributed by atoms with Crippen LogP contribution in [0.1, 0.15) is 25.3 Å². The molecular formula is C17H17N. The van der Waals surface area contributed by atoms with Gasteiger partial charge in [-0.2, -0.15) is 0 Å². The molecule has 0 bridgehead atoms. The summed E-state index contributed by atoms with van der Waals surface area (Å²) in [7, 11) is 0. The Kier molecular flexibility index (Phi) is 2.55. The molecule has 0 unspecified atom stereocenters. The van der Waals surface area contributed by atoms with Gasteiger partial charge in [-0.1, -0.05) is 42.5 Å². The summed E-state index contributed by atoms with van der Waals surface area (Å²) in [6, 6.07) is 15.0. The minimum absolute atomic E-state index is 0.0685. The predicted molar refractivity (Wildman–Crippen MR) is 78.3 cm³/mol. The molecule has 1 aliphatic heterocycles. The first-order valence-electron chi connectivity index (χ1n) is 6.42. The molecular weight excluding hydrogens is 218 g/mol. The molecule has 0 radical (unpaired) electrons. The van der Waals surface area contributed by atoms with Crippen LogP contribution < -0.4 is 0 Å². The van der Waals surface area contributed by atoms with Gasteiger partial charge >= 0.3 is 0 Å². The maximum Gasteiger partial charge on any atom is 0.0764 e. The Labute approximate surface area is 108 Å². The van der Waals surface area contributed by atoms with Crippen LogP contribution in [0.25, 0.3) is 10.8 Å². The number of rotatable bonds is 2. The highest BCUT2D eigenvalue weighted by molar-refractivity contribution is 6.04. The zero-order valence-electron chi connectivity index (χ0n) is 10.7. The summed E-state index contributed by atoms with van der Waals surface area (Å²) in [6.07, 6.45) is 4.07. The van der Waals surface area contributed by atoms with E-state index < -0.39 is 0 Å². The highest BCUT2D eigenvalue weighted by Gasteiger charge is 2.26. The van der Waals surface area contributed by atoms with Crippen molar-refractivity contribution in [3.05, 3.63) is 60.7 Å². The second kappa shape index (κ2) is 4.09. The molecule has 2 aromatic rings. The Balaban J connectivity index is 2.06. The van der Waals surface area contributed by atoms with Crippen LogP contribution in [0.2, 0.25) is 0 Å². The van der Waals surface area contributed by atoms with Crippen LogP contribution in [-0.2, 0) is 0 Å². The fourth-order valence-corrected chi connectivity index (χ4v) is 2.52. The van der Waals surface area contributed by atoms with Crippen LogP contribution >= 0.6 is 0 Å². The zero-order valence-corrected chi connectivity index (χ0v) is 10.7. The Bertz CT molecular complexity index is 639. The molecule has 2 aromatic carbocycles. The lowest BCUT2D eigenvalue weighted by molar-refractivity contribution is 0.588. The lowest BCUT2D eigenvalue weighted by Crippen LogP contribution is -2.12. The van der Waals surface area contributed by atoms with E-state index in [1.807, 2.05) is 6.08 Å².